The third-order valence-electron chi connectivity index (χ3n) is 4.54. The molecule has 0 radical (unpaired) electrons. The second-order valence-corrected chi connectivity index (χ2v) is 6.55. The maximum Gasteiger partial charge on any atom is 0.270 e. The first kappa shape index (κ1) is 20.4. The van der Waals surface area contributed by atoms with Crippen molar-refractivity contribution >= 4 is 23.2 Å². The number of hydrogen-bond acceptors (Lipinski definition) is 6. The number of anilines is 1. The number of morpholine rings is 1. The summed E-state index contributed by atoms with van der Waals surface area (Å²) in [7, 11) is 0. The third kappa shape index (κ3) is 5.84. The molecule has 0 spiro atoms. The molecule has 9 heteroatoms. The number of benzene rings is 2. The minimum absolute atomic E-state index is 0.151. The summed E-state index contributed by atoms with van der Waals surface area (Å²) in [4.78, 5) is 37.0. The number of ether oxygens (including phenoxy) is 1. The van der Waals surface area contributed by atoms with Gasteiger partial charge in [-0.25, -0.2) is 0 Å². The largest absolute Gasteiger partial charge is 0.379 e. The van der Waals surface area contributed by atoms with Crippen molar-refractivity contribution in [3.05, 3.63) is 69.8 Å². The molecule has 1 aliphatic rings. The highest BCUT2D eigenvalue weighted by molar-refractivity contribution is 6.05. The number of amides is 2. The molecule has 0 aliphatic carbocycles. The van der Waals surface area contributed by atoms with Crippen LogP contribution in [0.2, 0.25) is 0 Å². The number of nitro benzene ring substituents is 1. The standard InChI is InChI=1S/C20H22N4O5/c25-19(21-8-9-23-10-12-29-13-11-23)15-4-6-17(7-5-15)22-20(26)16-2-1-3-18(14-16)24(27)28/h1-7,14H,8-13H2,(H,21,25)(H,22,26). The van der Waals surface area contributed by atoms with Crippen molar-refractivity contribution in [2.24, 2.45) is 0 Å². The predicted octanol–water partition coefficient (Wildman–Crippen LogP) is 1.91. The molecule has 3 rings (SSSR count). The number of rotatable bonds is 7. The average Bonchev–Trinajstić information content (AvgIpc) is 2.75. The second-order valence-electron chi connectivity index (χ2n) is 6.55. The number of carbonyl (C=O) groups is 2. The van der Waals surface area contributed by atoms with E-state index in [0.717, 1.165) is 32.8 Å². The second kappa shape index (κ2) is 9.76. The van der Waals surface area contributed by atoms with Crippen LogP contribution in [0.3, 0.4) is 0 Å². The number of nitro groups is 1. The highest BCUT2D eigenvalue weighted by atomic mass is 16.6. The highest BCUT2D eigenvalue weighted by Gasteiger charge is 2.13. The van der Waals surface area contributed by atoms with Gasteiger partial charge in [0.05, 0.1) is 18.1 Å². The first-order valence-corrected chi connectivity index (χ1v) is 9.27. The molecule has 0 unspecified atom stereocenters. The van der Waals surface area contributed by atoms with E-state index in [1.54, 1.807) is 24.3 Å². The van der Waals surface area contributed by atoms with E-state index in [4.69, 9.17) is 4.74 Å². The van der Waals surface area contributed by atoms with E-state index in [0.29, 0.717) is 17.8 Å². The number of nitrogens with zero attached hydrogens (tertiary/aromatic N) is 2. The van der Waals surface area contributed by atoms with Crippen molar-refractivity contribution in [3.8, 4) is 0 Å². The molecule has 2 aromatic carbocycles. The minimum Gasteiger partial charge on any atom is -0.379 e. The van der Waals surface area contributed by atoms with Crippen molar-refractivity contribution in [1.82, 2.24) is 10.2 Å². The molecule has 0 saturated carbocycles. The van der Waals surface area contributed by atoms with Gasteiger partial charge in [-0.15, -0.1) is 0 Å². The quantitative estimate of drug-likeness (QED) is 0.544. The van der Waals surface area contributed by atoms with Crippen molar-refractivity contribution < 1.29 is 19.2 Å². The number of non-ortho nitro benzene ring substituents is 1. The molecule has 0 aromatic heterocycles. The van der Waals surface area contributed by atoms with Crippen LogP contribution in [0.5, 0.6) is 0 Å². The molecule has 1 heterocycles. The van der Waals surface area contributed by atoms with Crippen LogP contribution in [-0.4, -0.2) is 61.0 Å². The summed E-state index contributed by atoms with van der Waals surface area (Å²) < 4.78 is 5.29. The zero-order chi connectivity index (χ0) is 20.6. The summed E-state index contributed by atoms with van der Waals surface area (Å²) in [6, 6.07) is 12.0. The maximum atomic E-state index is 12.3. The SMILES string of the molecule is O=C(NCCN1CCOCC1)c1ccc(NC(=O)c2cccc([N+](=O)[O-])c2)cc1. The zero-order valence-electron chi connectivity index (χ0n) is 15.8. The Bertz CT molecular complexity index is 879. The summed E-state index contributed by atoms with van der Waals surface area (Å²) in [5, 5.41) is 16.4. The van der Waals surface area contributed by atoms with Crippen LogP contribution in [0.4, 0.5) is 11.4 Å². The lowest BCUT2D eigenvalue weighted by atomic mass is 10.1. The third-order valence-corrected chi connectivity index (χ3v) is 4.54. The van der Waals surface area contributed by atoms with Crippen LogP contribution < -0.4 is 10.6 Å². The molecule has 152 valence electrons. The van der Waals surface area contributed by atoms with Gasteiger partial charge in [-0.05, 0) is 30.3 Å². The van der Waals surface area contributed by atoms with Crippen LogP contribution in [-0.2, 0) is 4.74 Å². The van der Waals surface area contributed by atoms with Crippen molar-refractivity contribution in [2.75, 3.05) is 44.7 Å². The number of nitrogens with one attached hydrogen (secondary N) is 2. The van der Waals surface area contributed by atoms with Crippen LogP contribution in [0.25, 0.3) is 0 Å². The highest BCUT2D eigenvalue weighted by Crippen LogP contribution is 2.16. The first-order valence-electron chi connectivity index (χ1n) is 9.27. The Hall–Kier alpha value is -3.30. The van der Waals surface area contributed by atoms with Crippen LogP contribution >= 0.6 is 0 Å². The summed E-state index contributed by atoms with van der Waals surface area (Å²) in [6.07, 6.45) is 0. The van der Waals surface area contributed by atoms with Crippen molar-refractivity contribution in [2.45, 2.75) is 0 Å². The Morgan fingerprint density at radius 3 is 2.45 bits per heavy atom. The van der Waals surface area contributed by atoms with Gasteiger partial charge in [0.25, 0.3) is 17.5 Å². The molecule has 0 atom stereocenters. The van der Waals surface area contributed by atoms with Gasteiger partial charge in [0.2, 0.25) is 0 Å². The van der Waals surface area contributed by atoms with Gasteiger partial charge in [0.15, 0.2) is 0 Å². The van der Waals surface area contributed by atoms with E-state index in [1.165, 1.54) is 24.3 Å². The Morgan fingerprint density at radius 2 is 1.76 bits per heavy atom. The lowest BCUT2D eigenvalue weighted by Crippen LogP contribution is -2.41. The Balaban J connectivity index is 1.51. The van der Waals surface area contributed by atoms with E-state index in [2.05, 4.69) is 15.5 Å². The Morgan fingerprint density at radius 1 is 1.03 bits per heavy atom. The molecular formula is C20H22N4O5. The van der Waals surface area contributed by atoms with Crippen LogP contribution in [0.15, 0.2) is 48.5 Å². The molecule has 9 nitrogen and oxygen atoms in total. The molecule has 0 bridgehead atoms. The first-order chi connectivity index (χ1) is 14.0. The van der Waals surface area contributed by atoms with Crippen LogP contribution in [0.1, 0.15) is 20.7 Å². The summed E-state index contributed by atoms with van der Waals surface area (Å²) in [6.45, 7) is 4.50. The van der Waals surface area contributed by atoms with Crippen molar-refractivity contribution in [1.29, 1.82) is 0 Å². The van der Waals surface area contributed by atoms with E-state index in [9.17, 15) is 19.7 Å². The number of carbonyl (C=O) groups excluding carboxylic acids is 2. The molecule has 2 aromatic rings. The monoisotopic (exact) mass is 398 g/mol. The van der Waals surface area contributed by atoms with E-state index >= 15 is 0 Å². The molecule has 2 amide bonds. The molecular weight excluding hydrogens is 376 g/mol. The Kier molecular flexibility index (Phi) is 6.88. The van der Waals surface area contributed by atoms with E-state index < -0.39 is 10.8 Å². The normalized spacial score (nSPS) is 14.2. The van der Waals surface area contributed by atoms with E-state index in [1.807, 2.05) is 0 Å². The summed E-state index contributed by atoms with van der Waals surface area (Å²) >= 11 is 0. The molecule has 2 N–H and O–H groups in total. The fraction of sp³-hybridized carbons (Fsp3) is 0.300. The van der Waals surface area contributed by atoms with Crippen LogP contribution in [0, 0.1) is 10.1 Å². The van der Waals surface area contributed by atoms with Gasteiger partial charge in [0, 0.05) is 55.1 Å². The number of hydrogen-bond donors (Lipinski definition) is 2. The zero-order valence-corrected chi connectivity index (χ0v) is 15.8. The molecule has 1 saturated heterocycles. The fourth-order valence-electron chi connectivity index (χ4n) is 2.92. The molecule has 29 heavy (non-hydrogen) atoms. The van der Waals surface area contributed by atoms with Gasteiger partial charge in [0.1, 0.15) is 0 Å². The Labute approximate surface area is 167 Å². The molecule has 1 aliphatic heterocycles. The topological polar surface area (TPSA) is 114 Å². The minimum atomic E-state index is -0.552. The van der Waals surface area contributed by atoms with E-state index in [-0.39, 0.29) is 17.2 Å². The van der Waals surface area contributed by atoms with Crippen molar-refractivity contribution in [3.63, 3.8) is 0 Å². The average molecular weight is 398 g/mol. The van der Waals surface area contributed by atoms with Gasteiger partial charge in [-0.3, -0.25) is 24.6 Å². The summed E-state index contributed by atoms with van der Waals surface area (Å²) in [5.74, 6) is -0.647. The smallest absolute Gasteiger partial charge is 0.270 e. The van der Waals surface area contributed by atoms with Gasteiger partial charge in [-0.2, -0.15) is 0 Å². The van der Waals surface area contributed by atoms with Gasteiger partial charge >= 0.3 is 0 Å². The predicted molar refractivity (Wildman–Crippen MR) is 107 cm³/mol. The maximum absolute atomic E-state index is 12.3. The summed E-state index contributed by atoms with van der Waals surface area (Å²) in [5.41, 5.74) is 1.01. The fourth-order valence-corrected chi connectivity index (χ4v) is 2.92. The lowest BCUT2D eigenvalue weighted by Gasteiger charge is -2.26. The van der Waals surface area contributed by atoms with Gasteiger partial charge < -0.3 is 15.4 Å². The lowest BCUT2D eigenvalue weighted by molar-refractivity contribution is -0.384. The van der Waals surface area contributed by atoms with Gasteiger partial charge in [-0.1, -0.05) is 6.07 Å². The molecule has 1 fully saturated rings.